The summed E-state index contributed by atoms with van der Waals surface area (Å²) in [6.07, 6.45) is 9.67. The van der Waals surface area contributed by atoms with E-state index in [1.54, 1.807) is 6.20 Å². The Morgan fingerprint density at radius 2 is 2.05 bits per heavy atom. The second-order valence-corrected chi connectivity index (χ2v) is 5.84. The first-order valence-corrected chi connectivity index (χ1v) is 7.50. The number of oxime groups is 1. The minimum atomic E-state index is 0.109. The molecule has 2 heterocycles. The number of fused-ring (bicyclic) bond motifs is 1. The van der Waals surface area contributed by atoms with Crippen molar-refractivity contribution >= 4 is 11.7 Å². The summed E-state index contributed by atoms with van der Waals surface area (Å²) in [6, 6.07) is 4.52. The zero-order valence-corrected chi connectivity index (χ0v) is 11.7. The number of nitrogens with zero attached hydrogens (tertiary/aromatic N) is 3. The van der Waals surface area contributed by atoms with Crippen LogP contribution in [-0.4, -0.2) is 28.6 Å². The highest BCUT2D eigenvalue weighted by molar-refractivity contribution is 5.96. The lowest BCUT2D eigenvalue weighted by Crippen LogP contribution is -2.47. The van der Waals surface area contributed by atoms with E-state index in [0.717, 1.165) is 18.3 Å². The van der Waals surface area contributed by atoms with Crippen LogP contribution in [0, 0.1) is 5.92 Å². The first kappa shape index (κ1) is 13.2. The smallest absolute Gasteiger partial charge is 0.171 e. The number of amidine groups is 1. The van der Waals surface area contributed by atoms with Crippen molar-refractivity contribution in [1.82, 2.24) is 4.98 Å². The van der Waals surface area contributed by atoms with Crippen LogP contribution in [0.15, 0.2) is 23.5 Å². The van der Waals surface area contributed by atoms with Gasteiger partial charge in [0.15, 0.2) is 5.84 Å². The highest BCUT2D eigenvalue weighted by Gasteiger charge is 2.33. The summed E-state index contributed by atoms with van der Waals surface area (Å²) < 4.78 is 0. The maximum atomic E-state index is 8.69. The molecule has 20 heavy (non-hydrogen) atoms. The maximum absolute atomic E-state index is 8.69. The van der Waals surface area contributed by atoms with Gasteiger partial charge in [-0.05, 0) is 43.7 Å². The Morgan fingerprint density at radius 3 is 2.80 bits per heavy atom. The van der Waals surface area contributed by atoms with E-state index in [4.69, 9.17) is 10.9 Å². The molecule has 2 unspecified atom stereocenters. The molecular weight excluding hydrogens is 252 g/mol. The van der Waals surface area contributed by atoms with E-state index in [2.05, 4.69) is 15.0 Å². The van der Waals surface area contributed by atoms with Crippen LogP contribution in [0.25, 0.3) is 0 Å². The minimum Gasteiger partial charge on any atom is -0.409 e. The van der Waals surface area contributed by atoms with E-state index in [9.17, 15) is 0 Å². The molecule has 108 valence electrons. The van der Waals surface area contributed by atoms with Crippen molar-refractivity contribution in [2.45, 2.75) is 44.6 Å². The Balaban J connectivity index is 1.80. The second kappa shape index (κ2) is 5.69. The van der Waals surface area contributed by atoms with Gasteiger partial charge in [-0.2, -0.15) is 0 Å². The van der Waals surface area contributed by atoms with E-state index in [-0.39, 0.29) is 5.84 Å². The van der Waals surface area contributed by atoms with Crippen molar-refractivity contribution in [3.05, 3.63) is 23.9 Å². The number of hydrogen-bond acceptors (Lipinski definition) is 4. The van der Waals surface area contributed by atoms with E-state index >= 15 is 0 Å². The zero-order valence-electron chi connectivity index (χ0n) is 11.7. The number of aromatic nitrogens is 1. The molecule has 0 amide bonds. The van der Waals surface area contributed by atoms with Gasteiger partial charge in [-0.1, -0.05) is 18.0 Å². The Bertz CT molecular complexity index is 483. The summed E-state index contributed by atoms with van der Waals surface area (Å²) in [7, 11) is 0. The highest BCUT2D eigenvalue weighted by atomic mass is 16.4. The molecule has 5 nitrogen and oxygen atoms in total. The molecule has 1 aromatic rings. The van der Waals surface area contributed by atoms with Gasteiger partial charge < -0.3 is 15.8 Å². The number of piperidine rings is 1. The lowest BCUT2D eigenvalue weighted by atomic mass is 9.78. The Labute approximate surface area is 119 Å². The standard InChI is InChI=1S/C15H22N4O/c16-15(18-20)12-7-8-14(17-10-12)19-9-3-5-11-4-1-2-6-13(11)19/h7-8,10-11,13,20H,1-6,9H2,(H2,16,18). The van der Waals surface area contributed by atoms with Crippen molar-refractivity contribution in [2.24, 2.45) is 16.8 Å². The fourth-order valence-electron chi connectivity index (χ4n) is 3.67. The molecule has 2 fully saturated rings. The van der Waals surface area contributed by atoms with Gasteiger partial charge in [0.25, 0.3) is 0 Å². The van der Waals surface area contributed by atoms with Crippen LogP contribution in [0.5, 0.6) is 0 Å². The monoisotopic (exact) mass is 274 g/mol. The fraction of sp³-hybridized carbons (Fsp3) is 0.600. The topological polar surface area (TPSA) is 74.7 Å². The van der Waals surface area contributed by atoms with E-state index in [1.807, 2.05) is 12.1 Å². The first-order valence-electron chi connectivity index (χ1n) is 7.50. The van der Waals surface area contributed by atoms with E-state index < -0.39 is 0 Å². The third-order valence-electron chi connectivity index (χ3n) is 4.69. The molecule has 2 atom stereocenters. The molecule has 5 heteroatoms. The Hall–Kier alpha value is -1.78. The number of anilines is 1. The minimum absolute atomic E-state index is 0.109. The number of hydrogen-bond donors (Lipinski definition) is 2. The predicted octanol–water partition coefficient (Wildman–Crippen LogP) is 2.34. The van der Waals surface area contributed by atoms with Gasteiger partial charge in [0.2, 0.25) is 0 Å². The first-order chi connectivity index (χ1) is 9.79. The zero-order chi connectivity index (χ0) is 13.9. The van der Waals surface area contributed by atoms with Crippen molar-refractivity contribution in [3.63, 3.8) is 0 Å². The molecule has 3 N–H and O–H groups in total. The molecule has 0 radical (unpaired) electrons. The third kappa shape index (κ3) is 2.44. The van der Waals surface area contributed by atoms with Crippen LogP contribution in [0.4, 0.5) is 5.82 Å². The molecule has 2 aliphatic rings. The molecule has 1 saturated heterocycles. The summed E-state index contributed by atoms with van der Waals surface area (Å²) in [6.45, 7) is 1.09. The summed E-state index contributed by atoms with van der Waals surface area (Å²) in [5.41, 5.74) is 6.24. The average Bonchev–Trinajstić information content (AvgIpc) is 2.54. The Kier molecular flexibility index (Phi) is 3.76. The van der Waals surface area contributed by atoms with Crippen LogP contribution in [-0.2, 0) is 0 Å². The predicted molar refractivity (Wildman–Crippen MR) is 79.1 cm³/mol. The summed E-state index contributed by atoms with van der Waals surface area (Å²) in [5, 5.41) is 11.7. The van der Waals surface area contributed by atoms with Gasteiger partial charge in [0.05, 0.1) is 0 Å². The van der Waals surface area contributed by atoms with Crippen molar-refractivity contribution in [2.75, 3.05) is 11.4 Å². The van der Waals surface area contributed by atoms with Crippen LogP contribution in [0.1, 0.15) is 44.1 Å². The quantitative estimate of drug-likeness (QED) is 0.376. The lowest BCUT2D eigenvalue weighted by molar-refractivity contribution is 0.243. The van der Waals surface area contributed by atoms with Gasteiger partial charge >= 0.3 is 0 Å². The molecule has 1 aliphatic carbocycles. The van der Waals surface area contributed by atoms with Gasteiger partial charge in [0, 0.05) is 24.3 Å². The third-order valence-corrected chi connectivity index (χ3v) is 4.69. The van der Waals surface area contributed by atoms with E-state index in [1.165, 1.54) is 38.5 Å². The molecular formula is C15H22N4O. The molecule has 1 aliphatic heterocycles. The summed E-state index contributed by atoms with van der Waals surface area (Å²) in [5.74, 6) is 1.97. The average molecular weight is 274 g/mol. The van der Waals surface area contributed by atoms with Crippen molar-refractivity contribution < 1.29 is 5.21 Å². The molecule has 1 aromatic heterocycles. The molecule has 3 rings (SSSR count). The van der Waals surface area contributed by atoms with Crippen LogP contribution < -0.4 is 10.6 Å². The summed E-state index contributed by atoms with van der Waals surface area (Å²) >= 11 is 0. The maximum Gasteiger partial charge on any atom is 0.171 e. The largest absolute Gasteiger partial charge is 0.409 e. The fourth-order valence-corrected chi connectivity index (χ4v) is 3.67. The van der Waals surface area contributed by atoms with Crippen molar-refractivity contribution in [3.8, 4) is 0 Å². The summed E-state index contributed by atoms with van der Waals surface area (Å²) in [4.78, 5) is 6.98. The normalized spacial score (nSPS) is 27.2. The molecule has 0 aromatic carbocycles. The number of rotatable bonds is 2. The Morgan fingerprint density at radius 1 is 1.25 bits per heavy atom. The van der Waals surface area contributed by atoms with Gasteiger partial charge in [-0.3, -0.25) is 0 Å². The van der Waals surface area contributed by atoms with Crippen LogP contribution in [0.2, 0.25) is 0 Å². The number of nitrogens with two attached hydrogens (primary N) is 1. The molecule has 1 saturated carbocycles. The van der Waals surface area contributed by atoms with Crippen LogP contribution >= 0.6 is 0 Å². The van der Waals surface area contributed by atoms with Gasteiger partial charge in [-0.25, -0.2) is 4.98 Å². The molecule has 0 bridgehead atoms. The number of pyridine rings is 1. The second-order valence-electron chi connectivity index (χ2n) is 5.84. The van der Waals surface area contributed by atoms with Gasteiger partial charge in [0.1, 0.15) is 5.82 Å². The van der Waals surface area contributed by atoms with Gasteiger partial charge in [-0.15, -0.1) is 0 Å². The van der Waals surface area contributed by atoms with E-state index in [0.29, 0.717) is 11.6 Å². The van der Waals surface area contributed by atoms with Crippen LogP contribution in [0.3, 0.4) is 0 Å². The molecule has 0 spiro atoms. The SMILES string of the molecule is N/C(=N\O)c1ccc(N2CCCC3CCCCC32)nc1. The lowest BCUT2D eigenvalue weighted by Gasteiger charge is -2.44. The highest BCUT2D eigenvalue weighted by Crippen LogP contribution is 2.37. The van der Waals surface area contributed by atoms with Crippen molar-refractivity contribution in [1.29, 1.82) is 0 Å².